The molecule has 1 saturated heterocycles. The van der Waals surface area contributed by atoms with Gasteiger partial charge in [0.05, 0.1) is 16.8 Å². The molecule has 1 aliphatic rings. The Hall–Kier alpha value is 0.0300. The number of nitrogens with zero attached hydrogens (tertiary/aromatic N) is 1. The third-order valence-corrected chi connectivity index (χ3v) is 5.02. The Labute approximate surface area is 115 Å². The predicted molar refractivity (Wildman–Crippen MR) is 76.3 cm³/mol. The molecular formula is C12H19BrN2OS. The summed E-state index contributed by atoms with van der Waals surface area (Å²) in [4.78, 5) is 2.43. The second kappa shape index (κ2) is 5.34. The molecule has 0 radical (unpaired) electrons. The first-order valence-corrected chi connectivity index (χ1v) is 7.62. The van der Waals surface area contributed by atoms with Crippen molar-refractivity contribution in [2.45, 2.75) is 24.6 Å². The van der Waals surface area contributed by atoms with Crippen LogP contribution in [-0.4, -0.2) is 35.0 Å². The molecule has 0 saturated carbocycles. The van der Waals surface area contributed by atoms with Crippen LogP contribution >= 0.6 is 27.7 Å². The summed E-state index contributed by atoms with van der Waals surface area (Å²) in [5.41, 5.74) is 5.92. The van der Waals surface area contributed by atoms with Crippen molar-refractivity contribution in [2.75, 3.05) is 25.4 Å². The molecule has 1 atom stereocenters. The van der Waals surface area contributed by atoms with E-state index < -0.39 is 0 Å². The van der Waals surface area contributed by atoms with Gasteiger partial charge in [-0.05, 0) is 35.8 Å². The van der Waals surface area contributed by atoms with Gasteiger partial charge in [0.25, 0.3) is 0 Å². The van der Waals surface area contributed by atoms with Gasteiger partial charge in [0, 0.05) is 30.1 Å². The third-order valence-electron chi connectivity index (χ3n) is 3.07. The average molecular weight is 319 g/mol. The predicted octanol–water partition coefficient (Wildman–Crippen LogP) is 2.87. The number of hydrogen-bond acceptors (Lipinski definition) is 4. The highest BCUT2D eigenvalue weighted by Crippen LogP contribution is 2.35. The summed E-state index contributed by atoms with van der Waals surface area (Å²) >= 11 is 5.55. The zero-order valence-electron chi connectivity index (χ0n) is 10.3. The molecule has 3 nitrogen and oxygen atoms in total. The Balaban J connectivity index is 2.16. The van der Waals surface area contributed by atoms with Crippen molar-refractivity contribution < 1.29 is 4.42 Å². The van der Waals surface area contributed by atoms with E-state index in [9.17, 15) is 0 Å². The van der Waals surface area contributed by atoms with Gasteiger partial charge in [0.1, 0.15) is 5.76 Å². The number of rotatable bonds is 3. The Morgan fingerprint density at radius 1 is 1.65 bits per heavy atom. The van der Waals surface area contributed by atoms with Crippen LogP contribution in [0.4, 0.5) is 0 Å². The number of halogens is 1. The van der Waals surface area contributed by atoms with Gasteiger partial charge >= 0.3 is 0 Å². The van der Waals surface area contributed by atoms with Gasteiger partial charge < -0.3 is 10.2 Å². The SMILES string of the molecule is CC1(C)CN(C(CN)c2occc2Br)CCS1. The van der Waals surface area contributed by atoms with Gasteiger partial charge in [-0.1, -0.05) is 0 Å². The summed E-state index contributed by atoms with van der Waals surface area (Å²) in [6.45, 7) is 7.28. The summed E-state index contributed by atoms with van der Waals surface area (Å²) in [5.74, 6) is 2.11. The molecule has 5 heteroatoms. The standard InChI is InChI=1S/C12H19BrN2OS/c1-12(2)8-15(4-6-17-12)10(7-14)11-9(13)3-5-16-11/h3,5,10H,4,6-8,14H2,1-2H3. The Kier molecular flexibility index (Phi) is 4.23. The lowest BCUT2D eigenvalue weighted by atomic mass is 10.1. The normalized spacial score (nSPS) is 22.6. The van der Waals surface area contributed by atoms with Crippen LogP contribution in [0, 0.1) is 0 Å². The maximum absolute atomic E-state index is 5.92. The average Bonchev–Trinajstić information content (AvgIpc) is 2.65. The lowest BCUT2D eigenvalue weighted by Gasteiger charge is -2.41. The van der Waals surface area contributed by atoms with Crippen LogP contribution < -0.4 is 5.73 Å². The molecule has 2 rings (SSSR count). The quantitative estimate of drug-likeness (QED) is 0.930. The first-order valence-electron chi connectivity index (χ1n) is 5.84. The largest absolute Gasteiger partial charge is 0.466 e. The van der Waals surface area contributed by atoms with Gasteiger partial charge in [-0.15, -0.1) is 0 Å². The molecular weight excluding hydrogens is 300 g/mol. The first kappa shape index (κ1) is 13.5. The topological polar surface area (TPSA) is 42.4 Å². The summed E-state index contributed by atoms with van der Waals surface area (Å²) in [6, 6.07) is 2.11. The van der Waals surface area contributed by atoms with Crippen LogP contribution in [0.3, 0.4) is 0 Å². The van der Waals surface area contributed by atoms with Crippen LogP contribution in [0.25, 0.3) is 0 Å². The number of furan rings is 1. The molecule has 0 aromatic carbocycles. The van der Waals surface area contributed by atoms with Gasteiger partial charge in [-0.3, -0.25) is 4.90 Å². The highest BCUT2D eigenvalue weighted by molar-refractivity contribution is 9.10. The monoisotopic (exact) mass is 318 g/mol. The molecule has 1 fully saturated rings. The van der Waals surface area contributed by atoms with Crippen LogP contribution in [0.5, 0.6) is 0 Å². The molecule has 2 N–H and O–H groups in total. The molecule has 1 aliphatic heterocycles. The molecule has 0 aliphatic carbocycles. The van der Waals surface area contributed by atoms with Crippen LogP contribution in [0.2, 0.25) is 0 Å². The van der Waals surface area contributed by atoms with E-state index >= 15 is 0 Å². The van der Waals surface area contributed by atoms with Crippen LogP contribution in [-0.2, 0) is 0 Å². The van der Waals surface area contributed by atoms with Crippen LogP contribution in [0.1, 0.15) is 25.6 Å². The summed E-state index contributed by atoms with van der Waals surface area (Å²) in [5, 5.41) is 0. The van der Waals surface area contributed by atoms with Crippen molar-refractivity contribution in [3.05, 3.63) is 22.6 Å². The maximum Gasteiger partial charge on any atom is 0.136 e. The molecule has 0 bridgehead atoms. The molecule has 0 amide bonds. The van der Waals surface area contributed by atoms with Gasteiger partial charge in [0.2, 0.25) is 0 Å². The Bertz CT molecular complexity index is 380. The van der Waals surface area contributed by atoms with Gasteiger partial charge in [-0.2, -0.15) is 11.8 Å². The maximum atomic E-state index is 5.92. The molecule has 96 valence electrons. The molecule has 2 heterocycles. The third kappa shape index (κ3) is 3.08. The van der Waals surface area contributed by atoms with Gasteiger partial charge in [-0.25, -0.2) is 0 Å². The van der Waals surface area contributed by atoms with E-state index in [1.807, 2.05) is 17.8 Å². The Morgan fingerprint density at radius 2 is 2.41 bits per heavy atom. The fraction of sp³-hybridized carbons (Fsp3) is 0.667. The van der Waals surface area contributed by atoms with E-state index in [1.165, 1.54) is 0 Å². The van der Waals surface area contributed by atoms with Gasteiger partial charge in [0.15, 0.2) is 0 Å². The lowest BCUT2D eigenvalue weighted by molar-refractivity contribution is 0.171. The molecule has 17 heavy (non-hydrogen) atoms. The van der Waals surface area contributed by atoms with Crippen molar-refractivity contribution in [3.8, 4) is 0 Å². The molecule has 1 aromatic heterocycles. The summed E-state index contributed by atoms with van der Waals surface area (Å²) < 4.78 is 6.88. The fourth-order valence-electron chi connectivity index (χ4n) is 2.28. The highest BCUT2D eigenvalue weighted by Gasteiger charge is 2.33. The number of hydrogen-bond donors (Lipinski definition) is 1. The number of nitrogens with two attached hydrogens (primary N) is 1. The van der Waals surface area contributed by atoms with E-state index in [-0.39, 0.29) is 6.04 Å². The molecule has 1 aromatic rings. The minimum atomic E-state index is 0.180. The zero-order valence-corrected chi connectivity index (χ0v) is 12.7. The van der Waals surface area contributed by atoms with Crippen molar-refractivity contribution >= 4 is 27.7 Å². The van der Waals surface area contributed by atoms with E-state index in [4.69, 9.17) is 10.2 Å². The lowest BCUT2D eigenvalue weighted by Crippen LogP contribution is -2.46. The first-order chi connectivity index (χ1) is 8.03. The van der Waals surface area contributed by atoms with Crippen LogP contribution in [0.15, 0.2) is 21.2 Å². The van der Waals surface area contributed by atoms with Crippen molar-refractivity contribution in [1.29, 1.82) is 0 Å². The summed E-state index contributed by atoms with van der Waals surface area (Å²) in [7, 11) is 0. The minimum Gasteiger partial charge on any atom is -0.466 e. The summed E-state index contributed by atoms with van der Waals surface area (Å²) in [6.07, 6.45) is 1.71. The zero-order chi connectivity index (χ0) is 12.5. The highest BCUT2D eigenvalue weighted by atomic mass is 79.9. The second-order valence-corrected chi connectivity index (χ2v) is 7.62. The van der Waals surface area contributed by atoms with Crippen molar-refractivity contribution in [2.24, 2.45) is 5.73 Å². The van der Waals surface area contributed by atoms with E-state index in [1.54, 1.807) is 6.26 Å². The van der Waals surface area contributed by atoms with Crippen molar-refractivity contribution in [1.82, 2.24) is 4.90 Å². The number of thioether (sulfide) groups is 1. The Morgan fingerprint density at radius 3 is 2.94 bits per heavy atom. The van der Waals surface area contributed by atoms with E-state index in [0.717, 1.165) is 29.1 Å². The fourth-order valence-corrected chi connectivity index (χ4v) is 3.89. The second-order valence-electron chi connectivity index (χ2n) is 4.96. The minimum absolute atomic E-state index is 0.180. The van der Waals surface area contributed by atoms with E-state index in [0.29, 0.717) is 11.3 Å². The van der Waals surface area contributed by atoms with E-state index in [2.05, 4.69) is 34.7 Å². The molecule has 0 spiro atoms. The molecule has 1 unspecified atom stereocenters. The smallest absolute Gasteiger partial charge is 0.136 e. The van der Waals surface area contributed by atoms with Crippen molar-refractivity contribution in [3.63, 3.8) is 0 Å².